The largest absolute Gasteiger partial charge is 0.357 e. The Hall–Kier alpha value is -2.08. The molecule has 6 nitrogen and oxygen atoms in total. The summed E-state index contributed by atoms with van der Waals surface area (Å²) in [6.07, 6.45) is 7.95. The molecule has 0 spiro atoms. The molecule has 1 aromatic rings. The fourth-order valence-corrected chi connectivity index (χ4v) is 4.77. The highest BCUT2D eigenvalue weighted by molar-refractivity contribution is 5.80. The molecule has 1 saturated carbocycles. The molecule has 2 atom stereocenters. The maximum Gasteiger partial charge on any atom is 0.223 e. The van der Waals surface area contributed by atoms with E-state index < -0.39 is 0 Å². The third-order valence-electron chi connectivity index (χ3n) is 6.58. The highest BCUT2D eigenvalue weighted by Crippen LogP contribution is 2.23. The monoisotopic (exact) mass is 427 g/mol. The van der Waals surface area contributed by atoms with Gasteiger partial charge in [-0.25, -0.2) is 0 Å². The molecule has 172 valence electrons. The van der Waals surface area contributed by atoms with Crippen molar-refractivity contribution in [1.29, 1.82) is 0 Å². The molecule has 0 bridgehead atoms. The van der Waals surface area contributed by atoms with Crippen molar-refractivity contribution in [2.24, 2.45) is 10.9 Å². The van der Waals surface area contributed by atoms with Gasteiger partial charge in [0.2, 0.25) is 5.91 Å². The molecule has 31 heavy (non-hydrogen) atoms. The molecule has 6 heteroatoms. The minimum atomic E-state index is 0.214. The van der Waals surface area contributed by atoms with Crippen LogP contribution in [0.15, 0.2) is 35.3 Å². The molecular formula is C25H41N5O. The van der Waals surface area contributed by atoms with E-state index in [-0.39, 0.29) is 11.8 Å². The van der Waals surface area contributed by atoms with E-state index in [1.165, 1.54) is 24.8 Å². The first-order chi connectivity index (χ1) is 15.2. The van der Waals surface area contributed by atoms with Crippen LogP contribution in [0.4, 0.5) is 0 Å². The number of guanidine groups is 1. The van der Waals surface area contributed by atoms with Gasteiger partial charge in [0.1, 0.15) is 0 Å². The number of piperidine rings is 1. The van der Waals surface area contributed by atoms with E-state index >= 15 is 0 Å². The zero-order valence-corrected chi connectivity index (χ0v) is 19.4. The van der Waals surface area contributed by atoms with Crippen molar-refractivity contribution in [2.75, 3.05) is 26.2 Å². The number of hydrogen-bond donors (Lipinski definition) is 3. The molecule has 0 radical (unpaired) electrons. The molecule has 1 aromatic carbocycles. The topological polar surface area (TPSA) is 68.8 Å². The second-order valence-electron chi connectivity index (χ2n) is 9.06. The van der Waals surface area contributed by atoms with Crippen LogP contribution in [0.2, 0.25) is 0 Å². The van der Waals surface area contributed by atoms with Crippen LogP contribution in [-0.4, -0.2) is 55.0 Å². The normalized spacial score (nSPS) is 23.4. The predicted molar refractivity (Wildman–Crippen MR) is 128 cm³/mol. The fourth-order valence-electron chi connectivity index (χ4n) is 4.77. The number of amides is 1. The van der Waals surface area contributed by atoms with E-state index in [9.17, 15) is 4.79 Å². The average molecular weight is 428 g/mol. The van der Waals surface area contributed by atoms with Gasteiger partial charge < -0.3 is 16.0 Å². The fraction of sp³-hybridized carbons (Fsp3) is 0.680. The highest BCUT2D eigenvalue weighted by Gasteiger charge is 2.26. The van der Waals surface area contributed by atoms with Gasteiger partial charge >= 0.3 is 0 Å². The van der Waals surface area contributed by atoms with E-state index in [0.29, 0.717) is 25.2 Å². The Balaban J connectivity index is 1.41. The van der Waals surface area contributed by atoms with E-state index in [0.717, 1.165) is 51.3 Å². The van der Waals surface area contributed by atoms with E-state index in [1.807, 2.05) is 0 Å². The van der Waals surface area contributed by atoms with Crippen LogP contribution in [0.1, 0.15) is 64.4 Å². The Labute approximate surface area is 188 Å². The molecule has 1 saturated heterocycles. The van der Waals surface area contributed by atoms with E-state index in [1.54, 1.807) is 0 Å². The molecule has 3 rings (SSSR count). The zero-order valence-electron chi connectivity index (χ0n) is 19.4. The van der Waals surface area contributed by atoms with Crippen molar-refractivity contribution >= 4 is 11.9 Å². The Kier molecular flexibility index (Phi) is 9.66. The summed E-state index contributed by atoms with van der Waals surface area (Å²) >= 11 is 0. The number of nitrogens with zero attached hydrogens (tertiary/aromatic N) is 2. The number of aliphatic imine (C=N–C) groups is 1. The Morgan fingerprint density at radius 2 is 1.87 bits per heavy atom. The lowest BCUT2D eigenvalue weighted by atomic mass is 9.89. The number of nitrogens with one attached hydrogen (secondary N) is 3. The van der Waals surface area contributed by atoms with Gasteiger partial charge in [-0.2, -0.15) is 0 Å². The van der Waals surface area contributed by atoms with Gasteiger partial charge in [0.05, 0.1) is 6.54 Å². The van der Waals surface area contributed by atoms with Crippen molar-refractivity contribution in [3.8, 4) is 0 Å². The number of hydrogen-bond acceptors (Lipinski definition) is 3. The first-order valence-corrected chi connectivity index (χ1v) is 12.3. The SMILES string of the molecule is CCNC(=NCCNC(=O)C1CCCCC1)NC1CCN(Cc2ccccc2)C(C)C1. The van der Waals surface area contributed by atoms with Crippen LogP contribution in [0.5, 0.6) is 0 Å². The van der Waals surface area contributed by atoms with E-state index in [4.69, 9.17) is 4.99 Å². The smallest absolute Gasteiger partial charge is 0.223 e. The van der Waals surface area contributed by atoms with Gasteiger partial charge in [-0.05, 0) is 45.1 Å². The maximum atomic E-state index is 12.3. The standard InChI is InChI=1S/C25H41N5O/c1-3-26-25(28-16-15-27-24(31)22-12-8-5-9-13-22)29-23-14-17-30(20(2)18-23)19-21-10-6-4-7-11-21/h4,6-7,10-11,20,22-23H,3,5,8-9,12-19H2,1-2H3,(H,27,31)(H2,26,28,29). The van der Waals surface area contributed by atoms with Crippen molar-refractivity contribution in [3.63, 3.8) is 0 Å². The molecule has 1 heterocycles. The summed E-state index contributed by atoms with van der Waals surface area (Å²) in [5.74, 6) is 1.29. The lowest BCUT2D eigenvalue weighted by molar-refractivity contribution is -0.125. The molecule has 1 amide bonds. The van der Waals surface area contributed by atoms with Crippen LogP contribution in [0.3, 0.4) is 0 Å². The minimum absolute atomic E-state index is 0.214. The van der Waals surface area contributed by atoms with Crippen LogP contribution < -0.4 is 16.0 Å². The van der Waals surface area contributed by atoms with Gasteiger partial charge in [0, 0.05) is 44.2 Å². The second-order valence-corrected chi connectivity index (χ2v) is 9.06. The van der Waals surface area contributed by atoms with Gasteiger partial charge in [-0.15, -0.1) is 0 Å². The molecule has 2 unspecified atom stereocenters. The van der Waals surface area contributed by atoms with Crippen molar-refractivity contribution in [1.82, 2.24) is 20.9 Å². The first-order valence-electron chi connectivity index (χ1n) is 12.3. The van der Waals surface area contributed by atoms with Crippen LogP contribution in [0.25, 0.3) is 0 Å². The molecule has 2 aliphatic rings. The molecule has 2 fully saturated rings. The van der Waals surface area contributed by atoms with Crippen LogP contribution >= 0.6 is 0 Å². The summed E-state index contributed by atoms with van der Waals surface area (Å²) in [4.78, 5) is 19.6. The molecule has 1 aliphatic carbocycles. The zero-order chi connectivity index (χ0) is 21.9. The summed E-state index contributed by atoms with van der Waals surface area (Å²) in [5.41, 5.74) is 1.38. The van der Waals surface area contributed by atoms with Crippen molar-refractivity contribution < 1.29 is 4.79 Å². The molecule has 1 aliphatic heterocycles. The Bertz CT molecular complexity index is 686. The molecular weight excluding hydrogens is 386 g/mol. The molecule has 0 aromatic heterocycles. The lowest BCUT2D eigenvalue weighted by Gasteiger charge is -2.38. The summed E-state index contributed by atoms with van der Waals surface area (Å²) < 4.78 is 0. The van der Waals surface area contributed by atoms with Gasteiger partial charge in [0.25, 0.3) is 0 Å². The van der Waals surface area contributed by atoms with Crippen LogP contribution in [0, 0.1) is 5.92 Å². The quantitative estimate of drug-likeness (QED) is 0.338. The number of likely N-dealkylation sites (tertiary alicyclic amines) is 1. The minimum Gasteiger partial charge on any atom is -0.357 e. The van der Waals surface area contributed by atoms with Gasteiger partial charge in [-0.3, -0.25) is 14.7 Å². The lowest BCUT2D eigenvalue weighted by Crippen LogP contribution is -2.51. The highest BCUT2D eigenvalue weighted by atomic mass is 16.1. The van der Waals surface area contributed by atoms with Crippen molar-refractivity contribution in [3.05, 3.63) is 35.9 Å². The Morgan fingerprint density at radius 1 is 1.10 bits per heavy atom. The second kappa shape index (κ2) is 12.7. The first kappa shape index (κ1) is 23.6. The number of rotatable bonds is 8. The van der Waals surface area contributed by atoms with Gasteiger partial charge in [0.15, 0.2) is 5.96 Å². The van der Waals surface area contributed by atoms with Crippen molar-refractivity contribution in [2.45, 2.75) is 77.4 Å². The summed E-state index contributed by atoms with van der Waals surface area (Å²) in [6, 6.07) is 11.7. The number of benzene rings is 1. The third kappa shape index (κ3) is 7.84. The summed E-state index contributed by atoms with van der Waals surface area (Å²) in [5, 5.41) is 10.1. The summed E-state index contributed by atoms with van der Waals surface area (Å²) in [6.45, 7) is 8.57. The maximum absolute atomic E-state index is 12.3. The van der Waals surface area contributed by atoms with Crippen LogP contribution in [-0.2, 0) is 11.3 Å². The third-order valence-corrected chi connectivity index (χ3v) is 6.58. The average Bonchev–Trinajstić information content (AvgIpc) is 2.80. The van der Waals surface area contributed by atoms with E-state index in [2.05, 4.69) is 65.0 Å². The number of carbonyl (C=O) groups is 1. The van der Waals surface area contributed by atoms with Gasteiger partial charge in [-0.1, -0.05) is 49.6 Å². The molecule has 3 N–H and O–H groups in total. The summed E-state index contributed by atoms with van der Waals surface area (Å²) in [7, 11) is 0. The Morgan fingerprint density at radius 3 is 2.58 bits per heavy atom. The number of carbonyl (C=O) groups excluding carboxylic acids is 1. The predicted octanol–water partition coefficient (Wildman–Crippen LogP) is 3.29.